The van der Waals surface area contributed by atoms with E-state index in [1.54, 1.807) is 23.0 Å². The smallest absolute Gasteiger partial charge is 0.255 e. The number of nitrogens with one attached hydrogen (secondary N) is 1. The number of piperidine rings is 1. The van der Waals surface area contributed by atoms with Crippen LogP contribution in [0.25, 0.3) is 16.9 Å². The summed E-state index contributed by atoms with van der Waals surface area (Å²) in [6.07, 6.45) is 4.81. The predicted octanol–water partition coefficient (Wildman–Crippen LogP) is 4.28. The molecule has 0 saturated carbocycles. The number of likely N-dealkylation sites (tertiary alicyclic amines) is 1. The monoisotopic (exact) mass is 406 g/mol. The van der Waals surface area contributed by atoms with E-state index in [1.807, 2.05) is 30.3 Å². The number of halogens is 1. The van der Waals surface area contributed by atoms with Crippen LogP contribution in [-0.4, -0.2) is 46.3 Å². The van der Waals surface area contributed by atoms with Crippen LogP contribution < -0.4 is 5.32 Å². The highest BCUT2D eigenvalue weighted by atomic mass is 19.1. The molecule has 0 radical (unpaired) electrons. The predicted molar refractivity (Wildman–Crippen MR) is 116 cm³/mol. The average molecular weight is 407 g/mol. The summed E-state index contributed by atoms with van der Waals surface area (Å²) in [5.41, 5.74) is 2.64. The fourth-order valence-electron chi connectivity index (χ4n) is 3.95. The lowest BCUT2D eigenvalue weighted by Gasteiger charge is -2.32. The van der Waals surface area contributed by atoms with Crippen LogP contribution in [0, 0.1) is 5.82 Å². The number of carbonyl (C=O) groups is 1. The van der Waals surface area contributed by atoms with Gasteiger partial charge in [-0.3, -0.25) is 4.79 Å². The summed E-state index contributed by atoms with van der Waals surface area (Å²) in [6.45, 7) is 5.31. The summed E-state index contributed by atoms with van der Waals surface area (Å²) in [4.78, 5) is 15.6. The van der Waals surface area contributed by atoms with Gasteiger partial charge < -0.3 is 10.2 Å². The van der Waals surface area contributed by atoms with Crippen molar-refractivity contribution in [1.82, 2.24) is 20.0 Å². The van der Waals surface area contributed by atoms with Crippen molar-refractivity contribution in [2.45, 2.75) is 32.2 Å². The molecular formula is C24H27FN4O. The molecule has 5 nitrogen and oxygen atoms in total. The fourth-order valence-corrected chi connectivity index (χ4v) is 3.95. The van der Waals surface area contributed by atoms with Gasteiger partial charge in [0.1, 0.15) is 11.5 Å². The number of hydrogen-bond donors (Lipinski definition) is 1. The Balaban J connectivity index is 1.58. The number of aromatic nitrogens is 2. The molecular weight excluding hydrogens is 379 g/mol. The van der Waals surface area contributed by atoms with Crippen LogP contribution >= 0.6 is 0 Å². The summed E-state index contributed by atoms with van der Waals surface area (Å²) >= 11 is 0. The molecule has 2 heterocycles. The topological polar surface area (TPSA) is 50.2 Å². The number of carbonyl (C=O) groups excluding carboxylic acids is 1. The van der Waals surface area contributed by atoms with Crippen molar-refractivity contribution < 1.29 is 9.18 Å². The molecule has 2 aromatic carbocycles. The maximum absolute atomic E-state index is 13.4. The third-order valence-corrected chi connectivity index (χ3v) is 5.56. The number of para-hydroxylation sites is 1. The second kappa shape index (κ2) is 9.22. The summed E-state index contributed by atoms with van der Waals surface area (Å²) in [6, 6.07) is 15.9. The van der Waals surface area contributed by atoms with Crippen molar-refractivity contribution in [3.8, 4) is 16.9 Å². The minimum atomic E-state index is -0.314. The van der Waals surface area contributed by atoms with Crippen molar-refractivity contribution in [3.05, 3.63) is 72.2 Å². The lowest BCUT2D eigenvalue weighted by atomic mass is 10.0. The molecule has 0 unspecified atom stereocenters. The van der Waals surface area contributed by atoms with E-state index in [2.05, 4.69) is 22.2 Å². The first-order valence-electron chi connectivity index (χ1n) is 10.6. The number of hydrogen-bond acceptors (Lipinski definition) is 3. The number of nitrogens with zero attached hydrogens (tertiary/aromatic N) is 3. The Morgan fingerprint density at radius 1 is 1.10 bits per heavy atom. The van der Waals surface area contributed by atoms with Crippen molar-refractivity contribution in [1.29, 1.82) is 0 Å². The third kappa shape index (κ3) is 4.60. The molecule has 3 aromatic rings. The molecule has 0 aliphatic carbocycles. The van der Waals surface area contributed by atoms with Crippen LogP contribution in [0.2, 0.25) is 0 Å². The average Bonchev–Trinajstić information content (AvgIpc) is 3.22. The SMILES string of the molecule is CCCN1CCC(NC(=O)c2cn(-c3ccccc3)nc2-c2ccc(F)cc2)CC1. The highest BCUT2D eigenvalue weighted by molar-refractivity contribution is 6.00. The van der Waals surface area contributed by atoms with Gasteiger partial charge in [0.2, 0.25) is 0 Å². The minimum absolute atomic E-state index is 0.134. The fraction of sp³-hybridized carbons (Fsp3) is 0.333. The molecule has 1 aliphatic rings. The molecule has 0 spiro atoms. The van der Waals surface area contributed by atoms with Gasteiger partial charge in [-0.15, -0.1) is 0 Å². The first kappa shape index (κ1) is 20.3. The van der Waals surface area contributed by atoms with Gasteiger partial charge in [-0.25, -0.2) is 9.07 Å². The highest BCUT2D eigenvalue weighted by Gasteiger charge is 2.24. The summed E-state index contributed by atoms with van der Waals surface area (Å²) < 4.78 is 15.1. The lowest BCUT2D eigenvalue weighted by molar-refractivity contribution is 0.0912. The van der Waals surface area contributed by atoms with Gasteiger partial charge in [0, 0.05) is 30.9 Å². The lowest BCUT2D eigenvalue weighted by Crippen LogP contribution is -2.44. The van der Waals surface area contributed by atoms with E-state index >= 15 is 0 Å². The molecule has 1 aliphatic heterocycles. The van der Waals surface area contributed by atoms with E-state index in [4.69, 9.17) is 0 Å². The largest absolute Gasteiger partial charge is 0.349 e. The summed E-state index contributed by atoms with van der Waals surface area (Å²) in [7, 11) is 0. The van der Waals surface area contributed by atoms with Crippen LogP contribution in [0.5, 0.6) is 0 Å². The number of benzene rings is 2. The van der Waals surface area contributed by atoms with E-state index in [0.29, 0.717) is 16.8 Å². The second-order valence-electron chi connectivity index (χ2n) is 7.77. The standard InChI is InChI=1S/C24H27FN4O/c1-2-14-28-15-12-20(13-16-28)26-24(30)22-17-29(21-6-4-3-5-7-21)27-23(22)18-8-10-19(25)11-9-18/h3-11,17,20H,2,12-16H2,1H3,(H,26,30). The van der Waals surface area contributed by atoms with Crippen molar-refractivity contribution in [2.75, 3.05) is 19.6 Å². The summed E-state index contributed by atoms with van der Waals surface area (Å²) in [5, 5.41) is 7.85. The van der Waals surface area contributed by atoms with Crippen molar-refractivity contribution in [2.24, 2.45) is 0 Å². The normalized spacial score (nSPS) is 15.3. The molecule has 1 saturated heterocycles. The Hall–Kier alpha value is -2.99. The van der Waals surface area contributed by atoms with Gasteiger partial charge in [-0.2, -0.15) is 5.10 Å². The van der Waals surface area contributed by atoms with E-state index in [-0.39, 0.29) is 17.8 Å². The van der Waals surface area contributed by atoms with Crippen LogP contribution in [0.1, 0.15) is 36.5 Å². The Morgan fingerprint density at radius 3 is 2.47 bits per heavy atom. The molecule has 1 amide bonds. The second-order valence-corrected chi connectivity index (χ2v) is 7.77. The quantitative estimate of drug-likeness (QED) is 0.665. The maximum atomic E-state index is 13.4. The van der Waals surface area contributed by atoms with Crippen LogP contribution in [-0.2, 0) is 0 Å². The van der Waals surface area contributed by atoms with Crippen LogP contribution in [0.15, 0.2) is 60.8 Å². The van der Waals surface area contributed by atoms with E-state index in [9.17, 15) is 9.18 Å². The zero-order valence-electron chi connectivity index (χ0n) is 17.2. The number of amides is 1. The Bertz CT molecular complexity index is 976. The van der Waals surface area contributed by atoms with Gasteiger partial charge in [0.25, 0.3) is 5.91 Å². The van der Waals surface area contributed by atoms with Crippen LogP contribution in [0.3, 0.4) is 0 Å². The molecule has 4 rings (SSSR count). The highest BCUT2D eigenvalue weighted by Crippen LogP contribution is 2.25. The third-order valence-electron chi connectivity index (χ3n) is 5.56. The van der Waals surface area contributed by atoms with E-state index in [0.717, 1.165) is 44.6 Å². The molecule has 1 N–H and O–H groups in total. The zero-order valence-corrected chi connectivity index (χ0v) is 17.2. The van der Waals surface area contributed by atoms with Gasteiger partial charge >= 0.3 is 0 Å². The van der Waals surface area contributed by atoms with E-state index in [1.165, 1.54) is 12.1 Å². The first-order valence-corrected chi connectivity index (χ1v) is 10.6. The number of rotatable bonds is 6. The zero-order chi connectivity index (χ0) is 20.9. The molecule has 0 bridgehead atoms. The van der Waals surface area contributed by atoms with E-state index < -0.39 is 0 Å². The molecule has 6 heteroatoms. The molecule has 30 heavy (non-hydrogen) atoms. The van der Waals surface area contributed by atoms with Gasteiger partial charge in [0.05, 0.1) is 11.3 Å². The minimum Gasteiger partial charge on any atom is -0.349 e. The Kier molecular flexibility index (Phi) is 6.23. The first-order chi connectivity index (χ1) is 14.6. The van der Waals surface area contributed by atoms with Gasteiger partial charge in [-0.1, -0.05) is 25.1 Å². The van der Waals surface area contributed by atoms with Gasteiger partial charge in [0.15, 0.2) is 0 Å². The maximum Gasteiger partial charge on any atom is 0.255 e. The van der Waals surface area contributed by atoms with Crippen molar-refractivity contribution in [3.63, 3.8) is 0 Å². The van der Waals surface area contributed by atoms with Crippen molar-refractivity contribution >= 4 is 5.91 Å². The van der Waals surface area contributed by atoms with Crippen LogP contribution in [0.4, 0.5) is 4.39 Å². The summed E-state index contributed by atoms with van der Waals surface area (Å²) in [5.74, 6) is -0.448. The molecule has 1 fully saturated rings. The molecule has 1 aromatic heterocycles. The Morgan fingerprint density at radius 2 is 1.80 bits per heavy atom. The molecule has 0 atom stereocenters. The Labute approximate surface area is 176 Å². The molecule has 156 valence electrons. The van der Waals surface area contributed by atoms with Gasteiger partial charge in [-0.05, 0) is 62.2 Å².